The Balaban J connectivity index is 2.63. The van der Waals surface area contributed by atoms with Gasteiger partial charge in [0.15, 0.2) is 0 Å². The van der Waals surface area contributed by atoms with Crippen LogP contribution in [0, 0.1) is 11.8 Å². The molecule has 6 nitrogen and oxygen atoms in total. The van der Waals surface area contributed by atoms with Crippen LogP contribution in [0.2, 0.25) is 0 Å². The molecule has 140 valence electrons. The van der Waals surface area contributed by atoms with Gasteiger partial charge in [-0.25, -0.2) is 4.79 Å². The van der Waals surface area contributed by atoms with Crippen LogP contribution < -0.4 is 5.73 Å². The highest BCUT2D eigenvalue weighted by molar-refractivity contribution is 5.81. The van der Waals surface area contributed by atoms with Gasteiger partial charge in [-0.3, -0.25) is 4.79 Å². The van der Waals surface area contributed by atoms with Crippen molar-refractivity contribution in [2.24, 2.45) is 17.6 Å². The van der Waals surface area contributed by atoms with E-state index in [1.165, 1.54) is 0 Å². The standard InChI is InChI=1S/C18H35N3O3/c1-7-20(16(22)15(19)13(2)3)11-14-9-8-10-21(12-14)17(23)24-18(4,5)6/h13-15H,7-12,19H2,1-6H3/t14-,15-/m0/s1. The van der Waals surface area contributed by atoms with E-state index in [9.17, 15) is 9.59 Å². The van der Waals surface area contributed by atoms with E-state index in [0.717, 1.165) is 19.4 Å². The molecule has 1 saturated heterocycles. The maximum Gasteiger partial charge on any atom is 0.410 e. The van der Waals surface area contributed by atoms with E-state index in [4.69, 9.17) is 10.5 Å². The van der Waals surface area contributed by atoms with Crippen molar-refractivity contribution in [1.29, 1.82) is 0 Å². The Bertz CT molecular complexity index is 432. The van der Waals surface area contributed by atoms with Crippen LogP contribution in [-0.2, 0) is 9.53 Å². The minimum atomic E-state index is -0.487. The molecule has 1 aliphatic heterocycles. The Kier molecular flexibility index (Phi) is 7.52. The van der Waals surface area contributed by atoms with E-state index in [1.54, 1.807) is 4.90 Å². The lowest BCUT2D eigenvalue weighted by Crippen LogP contribution is -2.50. The van der Waals surface area contributed by atoms with Gasteiger partial charge in [0.2, 0.25) is 5.91 Å². The Morgan fingerprint density at radius 3 is 2.46 bits per heavy atom. The summed E-state index contributed by atoms with van der Waals surface area (Å²) in [6.45, 7) is 14.1. The number of amides is 2. The van der Waals surface area contributed by atoms with Crippen LogP contribution in [-0.4, -0.2) is 59.6 Å². The number of likely N-dealkylation sites (N-methyl/N-ethyl adjacent to an activating group) is 1. The molecule has 1 rings (SSSR count). The molecule has 0 saturated carbocycles. The Labute approximate surface area is 146 Å². The third kappa shape index (κ3) is 6.30. The van der Waals surface area contributed by atoms with Gasteiger partial charge >= 0.3 is 6.09 Å². The SMILES string of the molecule is CCN(C[C@@H]1CCCN(C(=O)OC(C)(C)C)C1)C(=O)[C@@H](N)C(C)C. The van der Waals surface area contributed by atoms with Crippen molar-refractivity contribution in [3.8, 4) is 0 Å². The summed E-state index contributed by atoms with van der Waals surface area (Å²) in [6, 6.07) is -0.463. The number of hydrogen-bond donors (Lipinski definition) is 1. The second kappa shape index (κ2) is 8.70. The van der Waals surface area contributed by atoms with Gasteiger partial charge < -0.3 is 20.3 Å². The Morgan fingerprint density at radius 1 is 1.33 bits per heavy atom. The highest BCUT2D eigenvalue weighted by Gasteiger charge is 2.30. The lowest BCUT2D eigenvalue weighted by Gasteiger charge is -2.37. The van der Waals surface area contributed by atoms with Crippen LogP contribution >= 0.6 is 0 Å². The lowest BCUT2D eigenvalue weighted by molar-refractivity contribution is -0.134. The van der Waals surface area contributed by atoms with Crippen LogP contribution in [0.15, 0.2) is 0 Å². The van der Waals surface area contributed by atoms with E-state index >= 15 is 0 Å². The zero-order chi connectivity index (χ0) is 18.5. The lowest BCUT2D eigenvalue weighted by atomic mass is 9.96. The van der Waals surface area contributed by atoms with Gasteiger partial charge in [0, 0.05) is 26.2 Å². The number of nitrogens with two attached hydrogens (primary N) is 1. The third-order valence-corrected chi connectivity index (χ3v) is 4.35. The topological polar surface area (TPSA) is 75.9 Å². The van der Waals surface area contributed by atoms with E-state index < -0.39 is 11.6 Å². The van der Waals surface area contributed by atoms with Crippen molar-refractivity contribution in [3.63, 3.8) is 0 Å². The number of hydrogen-bond acceptors (Lipinski definition) is 4. The molecule has 6 heteroatoms. The monoisotopic (exact) mass is 341 g/mol. The molecule has 0 radical (unpaired) electrons. The molecular weight excluding hydrogens is 306 g/mol. The first-order valence-electron chi connectivity index (χ1n) is 9.07. The Hall–Kier alpha value is -1.30. The van der Waals surface area contributed by atoms with E-state index in [1.807, 2.05) is 46.4 Å². The average Bonchev–Trinajstić information content (AvgIpc) is 2.49. The minimum absolute atomic E-state index is 0.00175. The fourth-order valence-corrected chi connectivity index (χ4v) is 2.89. The second-order valence-corrected chi connectivity index (χ2v) is 8.08. The molecule has 0 aliphatic carbocycles. The molecule has 0 aromatic carbocycles. The van der Waals surface area contributed by atoms with E-state index in [2.05, 4.69) is 0 Å². The quantitative estimate of drug-likeness (QED) is 0.833. The Morgan fingerprint density at radius 2 is 1.96 bits per heavy atom. The van der Waals surface area contributed by atoms with Crippen LogP contribution in [0.25, 0.3) is 0 Å². The van der Waals surface area contributed by atoms with Crippen molar-refractivity contribution in [2.75, 3.05) is 26.2 Å². The molecule has 0 unspecified atom stereocenters. The molecule has 24 heavy (non-hydrogen) atoms. The predicted molar refractivity (Wildman–Crippen MR) is 95.6 cm³/mol. The molecule has 2 atom stereocenters. The van der Waals surface area contributed by atoms with E-state index in [-0.39, 0.29) is 23.8 Å². The van der Waals surface area contributed by atoms with Gasteiger partial charge in [-0.05, 0) is 52.4 Å². The first kappa shape index (κ1) is 20.7. The molecule has 2 amide bonds. The van der Waals surface area contributed by atoms with Crippen molar-refractivity contribution in [2.45, 2.75) is 66.0 Å². The molecule has 0 aromatic rings. The normalized spacial score (nSPS) is 20.0. The molecule has 1 heterocycles. The van der Waals surface area contributed by atoms with Crippen molar-refractivity contribution in [3.05, 3.63) is 0 Å². The maximum atomic E-state index is 12.5. The van der Waals surface area contributed by atoms with Crippen LogP contribution in [0.1, 0.15) is 54.4 Å². The minimum Gasteiger partial charge on any atom is -0.444 e. The number of piperidine rings is 1. The number of likely N-dealkylation sites (tertiary alicyclic amines) is 1. The summed E-state index contributed by atoms with van der Waals surface area (Å²) >= 11 is 0. The molecule has 1 aliphatic rings. The van der Waals surface area contributed by atoms with Gasteiger partial charge in [0.05, 0.1) is 6.04 Å². The molecule has 0 aromatic heterocycles. The summed E-state index contributed by atoms with van der Waals surface area (Å²) < 4.78 is 5.46. The molecule has 2 N–H and O–H groups in total. The molecular formula is C18H35N3O3. The zero-order valence-electron chi connectivity index (χ0n) is 16.2. The predicted octanol–water partition coefficient (Wildman–Crippen LogP) is 2.47. The van der Waals surface area contributed by atoms with Crippen LogP contribution in [0.5, 0.6) is 0 Å². The van der Waals surface area contributed by atoms with Crippen molar-refractivity contribution in [1.82, 2.24) is 9.80 Å². The fraction of sp³-hybridized carbons (Fsp3) is 0.889. The number of rotatable bonds is 5. The first-order valence-corrected chi connectivity index (χ1v) is 9.07. The van der Waals surface area contributed by atoms with Gasteiger partial charge in [0.1, 0.15) is 5.60 Å². The summed E-state index contributed by atoms with van der Waals surface area (Å²) in [5, 5.41) is 0. The van der Waals surface area contributed by atoms with Crippen LogP contribution in [0.4, 0.5) is 4.79 Å². The summed E-state index contributed by atoms with van der Waals surface area (Å²) in [7, 11) is 0. The summed E-state index contributed by atoms with van der Waals surface area (Å²) in [4.78, 5) is 28.3. The summed E-state index contributed by atoms with van der Waals surface area (Å²) in [5.41, 5.74) is 5.52. The first-order chi connectivity index (χ1) is 11.0. The molecule has 1 fully saturated rings. The molecule has 0 spiro atoms. The highest BCUT2D eigenvalue weighted by Crippen LogP contribution is 2.21. The summed E-state index contributed by atoms with van der Waals surface area (Å²) in [6.07, 6.45) is 1.69. The average molecular weight is 341 g/mol. The van der Waals surface area contributed by atoms with Crippen LogP contribution in [0.3, 0.4) is 0 Å². The zero-order valence-corrected chi connectivity index (χ0v) is 16.2. The smallest absolute Gasteiger partial charge is 0.410 e. The number of nitrogens with zero attached hydrogens (tertiary/aromatic N) is 2. The summed E-state index contributed by atoms with van der Waals surface area (Å²) in [5.74, 6) is 0.396. The maximum absolute atomic E-state index is 12.5. The fourth-order valence-electron chi connectivity index (χ4n) is 2.89. The number of carbonyl (C=O) groups is 2. The van der Waals surface area contributed by atoms with Gasteiger partial charge in [-0.1, -0.05) is 13.8 Å². The third-order valence-electron chi connectivity index (χ3n) is 4.35. The van der Waals surface area contributed by atoms with Crippen molar-refractivity contribution >= 4 is 12.0 Å². The highest BCUT2D eigenvalue weighted by atomic mass is 16.6. The number of ether oxygens (including phenoxy) is 1. The van der Waals surface area contributed by atoms with E-state index in [0.29, 0.717) is 19.6 Å². The number of carbonyl (C=O) groups excluding carboxylic acids is 2. The van der Waals surface area contributed by atoms with Gasteiger partial charge in [-0.15, -0.1) is 0 Å². The van der Waals surface area contributed by atoms with Gasteiger partial charge in [0.25, 0.3) is 0 Å². The largest absolute Gasteiger partial charge is 0.444 e. The van der Waals surface area contributed by atoms with Gasteiger partial charge in [-0.2, -0.15) is 0 Å². The van der Waals surface area contributed by atoms with Crippen molar-refractivity contribution < 1.29 is 14.3 Å². The molecule has 0 bridgehead atoms. The second-order valence-electron chi connectivity index (χ2n) is 8.08.